The summed E-state index contributed by atoms with van der Waals surface area (Å²) in [6.07, 6.45) is -0.362. The number of rotatable bonds is 0. The number of carbonyl (C=O) groups is 1. The van der Waals surface area contributed by atoms with Crippen LogP contribution in [-0.4, -0.2) is 39.3 Å². The SMILES string of the molecule is O=C1CC2(C[N+](=O)C[N+]2=O)[N+](=O)O1. The highest BCUT2D eigenvalue weighted by molar-refractivity contribution is 5.70. The van der Waals surface area contributed by atoms with E-state index in [4.69, 9.17) is 0 Å². The third-order valence-electron chi connectivity index (χ3n) is 2.13. The third kappa shape index (κ3) is 0.879. The molecule has 1 spiro atoms. The summed E-state index contributed by atoms with van der Waals surface area (Å²) in [4.78, 5) is 47.8. The van der Waals surface area contributed by atoms with Crippen LogP contribution in [0.5, 0.6) is 0 Å². The van der Waals surface area contributed by atoms with Gasteiger partial charge in [0.05, 0.1) is 9.67 Å². The van der Waals surface area contributed by atoms with Crippen molar-refractivity contribution in [2.45, 2.75) is 12.1 Å². The molecule has 2 heterocycles. The molecule has 1 atom stereocenters. The van der Waals surface area contributed by atoms with Gasteiger partial charge in [0.25, 0.3) is 0 Å². The summed E-state index contributed by atoms with van der Waals surface area (Å²) in [6.45, 7) is -0.763. The maximum atomic E-state index is 11.2. The highest BCUT2D eigenvalue weighted by Gasteiger charge is 2.81. The first-order valence-electron chi connectivity index (χ1n) is 3.60. The summed E-state index contributed by atoms with van der Waals surface area (Å²) in [5, 5.41) is 0. The van der Waals surface area contributed by atoms with Crippen molar-refractivity contribution in [1.82, 2.24) is 0 Å². The molecule has 0 saturated carbocycles. The van der Waals surface area contributed by atoms with Gasteiger partial charge in [0.2, 0.25) is 6.42 Å². The lowest BCUT2D eigenvalue weighted by atomic mass is 10.1. The Balaban J connectivity index is 2.41. The van der Waals surface area contributed by atoms with E-state index in [1.54, 1.807) is 0 Å². The summed E-state index contributed by atoms with van der Waals surface area (Å²) < 4.78 is 0.692. The summed E-state index contributed by atoms with van der Waals surface area (Å²) in [6, 6.07) is 0. The monoisotopic (exact) mass is 188 g/mol. The molecule has 0 bridgehead atoms. The van der Waals surface area contributed by atoms with Crippen LogP contribution >= 0.6 is 0 Å². The Labute approximate surface area is 71.1 Å². The van der Waals surface area contributed by atoms with E-state index in [0.717, 1.165) is 0 Å². The second-order valence-corrected chi connectivity index (χ2v) is 3.04. The minimum Gasteiger partial charge on any atom is -0.244 e. The molecule has 0 aliphatic carbocycles. The van der Waals surface area contributed by atoms with Crippen molar-refractivity contribution in [1.29, 1.82) is 0 Å². The molecule has 0 amide bonds. The molecule has 1 unspecified atom stereocenters. The van der Waals surface area contributed by atoms with E-state index >= 15 is 0 Å². The number of nitrogens with zero attached hydrogens (tertiary/aromatic N) is 3. The predicted octanol–water partition coefficient (Wildman–Crippen LogP) is -1.15. The first-order chi connectivity index (χ1) is 6.04. The zero-order valence-electron chi connectivity index (χ0n) is 6.50. The molecular formula is C5H6N3O5+3. The molecule has 2 rings (SSSR count). The molecule has 0 aromatic carbocycles. The zero-order valence-corrected chi connectivity index (χ0v) is 6.50. The predicted molar refractivity (Wildman–Crippen MR) is 34.1 cm³/mol. The smallest absolute Gasteiger partial charge is 0.244 e. The molecule has 2 aliphatic rings. The first kappa shape index (κ1) is 7.90. The van der Waals surface area contributed by atoms with Crippen LogP contribution in [0.3, 0.4) is 0 Å². The summed E-state index contributed by atoms with van der Waals surface area (Å²) in [5.41, 5.74) is -1.65. The Hall–Kier alpha value is -1.73. The van der Waals surface area contributed by atoms with Gasteiger partial charge in [-0.05, 0) is 0 Å². The van der Waals surface area contributed by atoms with E-state index in [0.29, 0.717) is 4.76 Å². The van der Waals surface area contributed by atoms with Gasteiger partial charge in [0.1, 0.15) is 4.76 Å². The second-order valence-electron chi connectivity index (χ2n) is 3.04. The van der Waals surface area contributed by atoms with Crippen LogP contribution in [0.25, 0.3) is 0 Å². The topological polar surface area (TPSA) is 86.5 Å². The molecule has 0 aromatic rings. The molecule has 0 radical (unpaired) electrons. The van der Waals surface area contributed by atoms with Gasteiger partial charge in [-0.2, -0.15) is 0 Å². The normalized spacial score (nSPS) is 33.2. The van der Waals surface area contributed by atoms with Crippen molar-refractivity contribution < 1.29 is 24.1 Å². The lowest BCUT2D eigenvalue weighted by Crippen LogP contribution is -2.44. The molecule has 0 aromatic heterocycles. The van der Waals surface area contributed by atoms with E-state index in [-0.39, 0.29) is 22.6 Å². The first-order valence-corrected chi connectivity index (χ1v) is 3.60. The molecule has 0 N–H and O–H groups in total. The van der Waals surface area contributed by atoms with Crippen molar-refractivity contribution >= 4 is 5.97 Å². The summed E-state index contributed by atoms with van der Waals surface area (Å²) >= 11 is 0. The van der Waals surface area contributed by atoms with Crippen LogP contribution in [0, 0.1) is 14.7 Å². The van der Waals surface area contributed by atoms with E-state index in [2.05, 4.69) is 4.84 Å². The van der Waals surface area contributed by atoms with Gasteiger partial charge >= 0.3 is 29.8 Å². The van der Waals surface area contributed by atoms with Crippen molar-refractivity contribution in [2.24, 2.45) is 0 Å². The standard InChI is InChI=1S/C5H6N3O5/c9-4-1-5(8(12)13-4)2-6(10)3-7(5)11/h1-3H2/q+3. The Morgan fingerprint density at radius 2 is 2.00 bits per heavy atom. The van der Waals surface area contributed by atoms with Crippen LogP contribution in [0.4, 0.5) is 0 Å². The Bertz CT molecular complexity index is 314. The minimum absolute atomic E-state index is 0.0831. The lowest BCUT2D eigenvalue weighted by molar-refractivity contribution is -0.925. The largest absolute Gasteiger partial charge is 0.566 e. The van der Waals surface area contributed by atoms with Crippen molar-refractivity contribution in [3.63, 3.8) is 0 Å². The van der Waals surface area contributed by atoms with E-state index < -0.39 is 18.3 Å². The van der Waals surface area contributed by atoms with Crippen molar-refractivity contribution in [2.75, 3.05) is 13.2 Å². The van der Waals surface area contributed by atoms with Gasteiger partial charge in [0.15, 0.2) is 0 Å². The maximum Gasteiger partial charge on any atom is 0.566 e. The molecular weight excluding hydrogens is 182 g/mol. The fraction of sp³-hybridized carbons (Fsp3) is 0.800. The fourth-order valence-electron chi connectivity index (χ4n) is 1.48. The van der Waals surface area contributed by atoms with Crippen molar-refractivity contribution in [3.05, 3.63) is 14.7 Å². The summed E-state index contributed by atoms with van der Waals surface area (Å²) in [7, 11) is 0. The van der Waals surface area contributed by atoms with Gasteiger partial charge in [-0.25, -0.2) is 4.79 Å². The van der Waals surface area contributed by atoms with Crippen LogP contribution in [0.1, 0.15) is 6.42 Å². The van der Waals surface area contributed by atoms with Gasteiger partial charge in [-0.1, -0.05) is 0 Å². The highest BCUT2D eigenvalue weighted by Crippen LogP contribution is 2.28. The van der Waals surface area contributed by atoms with Crippen LogP contribution in [-0.2, 0) is 9.63 Å². The summed E-state index contributed by atoms with van der Waals surface area (Å²) in [5.74, 6) is -0.786. The molecule has 8 nitrogen and oxygen atoms in total. The zero-order chi connectivity index (χ0) is 9.64. The average Bonchev–Trinajstić information content (AvgIpc) is 2.40. The minimum atomic E-state index is -1.65. The van der Waals surface area contributed by atoms with Crippen LogP contribution in [0.15, 0.2) is 0 Å². The Morgan fingerprint density at radius 1 is 1.31 bits per heavy atom. The van der Waals surface area contributed by atoms with Gasteiger partial charge in [-0.15, -0.1) is 4.84 Å². The lowest BCUT2D eigenvalue weighted by Gasteiger charge is -1.88. The average molecular weight is 188 g/mol. The quantitative estimate of drug-likeness (QED) is 0.448. The van der Waals surface area contributed by atoms with Gasteiger partial charge < -0.3 is 0 Å². The molecule has 2 fully saturated rings. The molecule has 13 heavy (non-hydrogen) atoms. The van der Waals surface area contributed by atoms with E-state index in [1.165, 1.54) is 0 Å². The molecule has 8 heteroatoms. The number of hydrogen-bond acceptors (Lipinski definition) is 5. The van der Waals surface area contributed by atoms with E-state index in [1.807, 2.05) is 0 Å². The Kier molecular flexibility index (Phi) is 1.30. The number of nitroso groups, excluding NO2 is 2. The molecule has 68 valence electrons. The fourth-order valence-corrected chi connectivity index (χ4v) is 1.48. The third-order valence-corrected chi connectivity index (χ3v) is 2.13. The molecule has 2 saturated heterocycles. The van der Waals surface area contributed by atoms with Gasteiger partial charge in [-0.3, -0.25) is 0 Å². The highest BCUT2D eigenvalue weighted by atomic mass is 16.8. The molecule has 2 aliphatic heterocycles. The van der Waals surface area contributed by atoms with Crippen LogP contribution in [0.2, 0.25) is 0 Å². The van der Waals surface area contributed by atoms with E-state index in [9.17, 15) is 19.5 Å². The van der Waals surface area contributed by atoms with Crippen molar-refractivity contribution in [3.8, 4) is 0 Å². The number of hydrogen-bond donors (Lipinski definition) is 0. The van der Waals surface area contributed by atoms with Gasteiger partial charge in [0, 0.05) is 9.81 Å². The Morgan fingerprint density at radius 3 is 2.38 bits per heavy atom. The van der Waals surface area contributed by atoms with Crippen LogP contribution < -0.4 is 0 Å². The number of carbonyl (C=O) groups excluding carboxylic acids is 1. The second kappa shape index (κ2) is 2.15. The maximum absolute atomic E-state index is 11.2.